The van der Waals surface area contributed by atoms with Gasteiger partial charge in [-0.3, -0.25) is 0 Å². The number of fused-ring (bicyclic) bond motifs is 1. The number of nitrogens with one attached hydrogen (secondary N) is 2. The van der Waals surface area contributed by atoms with Crippen LogP contribution in [0, 0.1) is 0 Å². The van der Waals surface area contributed by atoms with Gasteiger partial charge in [-0.1, -0.05) is 0 Å². The molecule has 2 heterocycles. The molecular formula is C10H15N3. The van der Waals surface area contributed by atoms with Gasteiger partial charge in [-0.05, 0) is 32.4 Å². The van der Waals surface area contributed by atoms with E-state index in [4.69, 9.17) is 0 Å². The summed E-state index contributed by atoms with van der Waals surface area (Å²) in [4.78, 5) is 4.30. The molecule has 3 nitrogen and oxygen atoms in total. The van der Waals surface area contributed by atoms with Crippen LogP contribution in [0.25, 0.3) is 0 Å². The van der Waals surface area contributed by atoms with Crippen molar-refractivity contribution in [2.45, 2.75) is 25.8 Å². The Morgan fingerprint density at radius 1 is 1.46 bits per heavy atom. The van der Waals surface area contributed by atoms with Crippen molar-refractivity contribution in [2.24, 2.45) is 0 Å². The zero-order chi connectivity index (χ0) is 9.31. The Labute approximate surface area is 78.6 Å². The van der Waals surface area contributed by atoms with Crippen molar-refractivity contribution in [3.63, 3.8) is 0 Å². The summed E-state index contributed by atoms with van der Waals surface area (Å²) in [6.45, 7) is 5.38. The van der Waals surface area contributed by atoms with Crippen LogP contribution in [-0.2, 0) is 0 Å². The number of aromatic nitrogens is 1. The highest BCUT2D eigenvalue weighted by atomic mass is 15.1. The third kappa shape index (κ3) is 1.74. The second-order valence-electron chi connectivity index (χ2n) is 4.09. The Morgan fingerprint density at radius 3 is 3.15 bits per heavy atom. The SMILES string of the molecule is CC1(C)CCNc2cccnc2N1. The minimum atomic E-state index is 0.132. The highest BCUT2D eigenvalue weighted by Gasteiger charge is 2.21. The van der Waals surface area contributed by atoms with Crippen molar-refractivity contribution in [3.8, 4) is 0 Å². The van der Waals surface area contributed by atoms with Gasteiger partial charge in [-0.25, -0.2) is 4.98 Å². The van der Waals surface area contributed by atoms with Gasteiger partial charge < -0.3 is 10.6 Å². The van der Waals surface area contributed by atoms with Gasteiger partial charge >= 0.3 is 0 Å². The molecule has 13 heavy (non-hydrogen) atoms. The van der Waals surface area contributed by atoms with Gasteiger partial charge in [-0.2, -0.15) is 0 Å². The van der Waals surface area contributed by atoms with Crippen LogP contribution in [0.15, 0.2) is 18.3 Å². The van der Waals surface area contributed by atoms with Crippen LogP contribution >= 0.6 is 0 Å². The first-order chi connectivity index (χ1) is 6.17. The van der Waals surface area contributed by atoms with Crippen molar-refractivity contribution in [1.29, 1.82) is 0 Å². The molecule has 2 N–H and O–H groups in total. The second-order valence-corrected chi connectivity index (χ2v) is 4.09. The van der Waals surface area contributed by atoms with Crippen molar-refractivity contribution < 1.29 is 0 Å². The van der Waals surface area contributed by atoms with Crippen LogP contribution < -0.4 is 10.6 Å². The van der Waals surface area contributed by atoms with E-state index < -0.39 is 0 Å². The molecule has 3 heteroatoms. The summed E-state index contributed by atoms with van der Waals surface area (Å²) in [7, 11) is 0. The molecule has 0 spiro atoms. The van der Waals surface area contributed by atoms with E-state index in [0.29, 0.717) is 0 Å². The Bertz CT molecular complexity index is 307. The zero-order valence-electron chi connectivity index (χ0n) is 8.09. The summed E-state index contributed by atoms with van der Waals surface area (Å²) in [5.41, 5.74) is 1.24. The minimum Gasteiger partial charge on any atom is -0.382 e. The predicted octanol–water partition coefficient (Wildman–Crippen LogP) is 2.09. The van der Waals surface area contributed by atoms with Crippen LogP contribution in [0.4, 0.5) is 11.5 Å². The predicted molar refractivity (Wildman–Crippen MR) is 55.0 cm³/mol. The number of anilines is 2. The molecule has 2 rings (SSSR count). The van der Waals surface area contributed by atoms with Crippen molar-refractivity contribution in [1.82, 2.24) is 4.98 Å². The molecule has 0 saturated carbocycles. The van der Waals surface area contributed by atoms with Gasteiger partial charge in [0.15, 0.2) is 0 Å². The zero-order valence-corrected chi connectivity index (χ0v) is 8.09. The van der Waals surface area contributed by atoms with Crippen LogP contribution in [0.1, 0.15) is 20.3 Å². The van der Waals surface area contributed by atoms with Gasteiger partial charge in [0.05, 0.1) is 5.69 Å². The molecule has 70 valence electrons. The van der Waals surface area contributed by atoms with Crippen LogP contribution in [0.3, 0.4) is 0 Å². The van der Waals surface area contributed by atoms with Gasteiger partial charge in [0, 0.05) is 18.3 Å². The fourth-order valence-electron chi connectivity index (χ4n) is 1.54. The first kappa shape index (κ1) is 8.35. The van der Waals surface area contributed by atoms with E-state index in [1.165, 1.54) is 0 Å². The molecule has 1 aliphatic heterocycles. The lowest BCUT2D eigenvalue weighted by molar-refractivity contribution is 0.539. The van der Waals surface area contributed by atoms with E-state index >= 15 is 0 Å². The Balaban J connectivity index is 2.34. The van der Waals surface area contributed by atoms with Gasteiger partial charge in [0.1, 0.15) is 5.82 Å². The summed E-state index contributed by atoms with van der Waals surface area (Å²) in [5.74, 6) is 0.963. The maximum Gasteiger partial charge on any atom is 0.149 e. The third-order valence-electron chi connectivity index (χ3n) is 2.33. The normalized spacial score (nSPS) is 19.2. The van der Waals surface area contributed by atoms with Crippen molar-refractivity contribution >= 4 is 11.5 Å². The first-order valence-corrected chi connectivity index (χ1v) is 4.64. The van der Waals surface area contributed by atoms with Crippen molar-refractivity contribution in [2.75, 3.05) is 17.2 Å². The molecule has 1 aromatic heterocycles. The molecule has 0 aliphatic carbocycles. The highest BCUT2D eigenvalue weighted by molar-refractivity contribution is 5.65. The summed E-state index contributed by atoms with van der Waals surface area (Å²) < 4.78 is 0. The lowest BCUT2D eigenvalue weighted by atomic mass is 10.0. The minimum absolute atomic E-state index is 0.132. The number of hydrogen-bond acceptors (Lipinski definition) is 3. The highest BCUT2D eigenvalue weighted by Crippen LogP contribution is 2.26. The molecule has 0 fully saturated rings. The Morgan fingerprint density at radius 2 is 2.31 bits per heavy atom. The fraction of sp³-hybridized carbons (Fsp3) is 0.500. The van der Waals surface area contributed by atoms with E-state index in [-0.39, 0.29) is 5.54 Å². The molecule has 0 aromatic carbocycles. The number of rotatable bonds is 0. The average Bonchev–Trinajstić information content (AvgIpc) is 2.21. The Hall–Kier alpha value is -1.25. The summed E-state index contributed by atoms with van der Waals surface area (Å²) >= 11 is 0. The van der Waals surface area contributed by atoms with E-state index in [9.17, 15) is 0 Å². The van der Waals surface area contributed by atoms with Crippen LogP contribution in [0.5, 0.6) is 0 Å². The quantitative estimate of drug-likeness (QED) is 0.637. The van der Waals surface area contributed by atoms with E-state index in [1.54, 1.807) is 0 Å². The number of pyridine rings is 1. The lowest BCUT2D eigenvalue weighted by Crippen LogP contribution is -2.31. The largest absolute Gasteiger partial charge is 0.382 e. The second kappa shape index (κ2) is 2.91. The molecule has 0 unspecified atom stereocenters. The number of nitrogens with zero attached hydrogens (tertiary/aromatic N) is 1. The molecule has 0 saturated heterocycles. The maximum atomic E-state index is 4.30. The van der Waals surface area contributed by atoms with Gasteiger partial charge in [-0.15, -0.1) is 0 Å². The van der Waals surface area contributed by atoms with Crippen molar-refractivity contribution in [3.05, 3.63) is 18.3 Å². The summed E-state index contributed by atoms with van der Waals surface area (Å²) in [6, 6.07) is 4.00. The molecular weight excluding hydrogens is 162 g/mol. The van der Waals surface area contributed by atoms with Gasteiger partial charge in [0.25, 0.3) is 0 Å². The number of hydrogen-bond donors (Lipinski definition) is 2. The smallest absolute Gasteiger partial charge is 0.149 e. The van der Waals surface area contributed by atoms with E-state index in [1.807, 2.05) is 12.3 Å². The van der Waals surface area contributed by atoms with E-state index in [0.717, 1.165) is 24.5 Å². The fourth-order valence-corrected chi connectivity index (χ4v) is 1.54. The van der Waals surface area contributed by atoms with Crippen LogP contribution in [-0.4, -0.2) is 17.1 Å². The Kier molecular flexibility index (Phi) is 1.87. The molecule has 1 aromatic rings. The van der Waals surface area contributed by atoms with Crippen LogP contribution in [0.2, 0.25) is 0 Å². The van der Waals surface area contributed by atoms with E-state index in [2.05, 4.69) is 35.5 Å². The molecule has 0 bridgehead atoms. The maximum absolute atomic E-state index is 4.30. The summed E-state index contributed by atoms with van der Waals surface area (Å²) in [6.07, 6.45) is 2.91. The van der Waals surface area contributed by atoms with Gasteiger partial charge in [0.2, 0.25) is 0 Å². The molecule has 0 atom stereocenters. The third-order valence-corrected chi connectivity index (χ3v) is 2.33. The lowest BCUT2D eigenvalue weighted by Gasteiger charge is -2.24. The molecule has 1 aliphatic rings. The average molecular weight is 177 g/mol. The standard InChI is InChI=1S/C10H15N3/c1-10(2)5-7-11-8-4-3-6-12-9(8)13-10/h3-4,6,11H,5,7H2,1-2H3,(H,12,13). The first-order valence-electron chi connectivity index (χ1n) is 4.64. The monoisotopic (exact) mass is 177 g/mol. The molecule has 0 radical (unpaired) electrons. The summed E-state index contributed by atoms with van der Waals surface area (Å²) in [5, 5.41) is 6.78. The topological polar surface area (TPSA) is 37.0 Å². The molecule has 0 amide bonds.